The van der Waals surface area contributed by atoms with Crippen molar-refractivity contribution in [2.75, 3.05) is 26.7 Å². The van der Waals surface area contributed by atoms with Gasteiger partial charge in [0, 0.05) is 6.04 Å². The van der Waals surface area contributed by atoms with E-state index >= 15 is 0 Å². The van der Waals surface area contributed by atoms with Crippen LogP contribution in [0.4, 0.5) is 0 Å². The molecule has 3 nitrogen and oxygen atoms in total. The van der Waals surface area contributed by atoms with E-state index in [0.717, 1.165) is 12.0 Å². The quantitative estimate of drug-likeness (QED) is 0.815. The Morgan fingerprint density at radius 1 is 1.12 bits per heavy atom. The molecular weight excluding hydrogens is 212 g/mol. The standard InChI is InChI=1S/C14H28N2O/c1-11-8-14(9-12(2)17-11)16-6-4-13(5-7-16)10-15-3/h11-15H,4-10H2,1-3H3. The third-order valence-corrected chi connectivity index (χ3v) is 4.33. The Hall–Kier alpha value is -0.120. The lowest BCUT2D eigenvalue weighted by atomic mass is 9.92. The Morgan fingerprint density at radius 3 is 2.24 bits per heavy atom. The molecule has 0 aromatic heterocycles. The number of hydrogen-bond donors (Lipinski definition) is 1. The molecule has 17 heavy (non-hydrogen) atoms. The summed E-state index contributed by atoms with van der Waals surface area (Å²) in [7, 11) is 2.06. The van der Waals surface area contributed by atoms with Gasteiger partial charge in [-0.3, -0.25) is 0 Å². The first-order valence-electron chi connectivity index (χ1n) is 7.23. The molecule has 2 aliphatic rings. The average Bonchev–Trinajstić information content (AvgIpc) is 2.29. The number of piperidine rings is 1. The minimum absolute atomic E-state index is 0.443. The van der Waals surface area contributed by atoms with Crippen molar-refractivity contribution in [3.63, 3.8) is 0 Å². The molecule has 0 radical (unpaired) electrons. The number of ether oxygens (including phenoxy) is 1. The van der Waals surface area contributed by atoms with Gasteiger partial charge >= 0.3 is 0 Å². The van der Waals surface area contributed by atoms with Crippen LogP contribution in [0.5, 0.6) is 0 Å². The maximum absolute atomic E-state index is 5.83. The maximum atomic E-state index is 5.83. The summed E-state index contributed by atoms with van der Waals surface area (Å²) in [6, 6.07) is 0.768. The second kappa shape index (κ2) is 6.17. The van der Waals surface area contributed by atoms with Crippen LogP contribution in [-0.2, 0) is 4.74 Å². The molecule has 2 rings (SSSR count). The molecule has 0 spiro atoms. The van der Waals surface area contributed by atoms with Gasteiger partial charge in [-0.25, -0.2) is 0 Å². The number of likely N-dealkylation sites (tertiary alicyclic amines) is 1. The highest BCUT2D eigenvalue weighted by Crippen LogP contribution is 2.27. The molecule has 0 bridgehead atoms. The average molecular weight is 240 g/mol. The molecule has 0 aromatic rings. The molecule has 0 aromatic carbocycles. The van der Waals surface area contributed by atoms with Gasteiger partial charge in [0.15, 0.2) is 0 Å². The SMILES string of the molecule is CNCC1CCN(C2CC(C)OC(C)C2)CC1. The Bertz CT molecular complexity index is 216. The van der Waals surface area contributed by atoms with E-state index in [1.165, 1.54) is 45.3 Å². The molecule has 2 heterocycles. The highest BCUT2D eigenvalue weighted by atomic mass is 16.5. The van der Waals surface area contributed by atoms with Crippen molar-refractivity contribution in [1.82, 2.24) is 10.2 Å². The lowest BCUT2D eigenvalue weighted by molar-refractivity contribution is -0.0694. The molecule has 0 aliphatic carbocycles. The highest BCUT2D eigenvalue weighted by Gasteiger charge is 2.31. The van der Waals surface area contributed by atoms with Crippen LogP contribution in [0.25, 0.3) is 0 Å². The Kier molecular flexibility index (Phi) is 4.83. The number of nitrogens with one attached hydrogen (secondary N) is 1. The fraction of sp³-hybridized carbons (Fsp3) is 1.00. The molecule has 2 atom stereocenters. The largest absolute Gasteiger partial charge is 0.375 e. The van der Waals surface area contributed by atoms with Crippen LogP contribution in [0, 0.1) is 5.92 Å². The summed E-state index contributed by atoms with van der Waals surface area (Å²) in [5.41, 5.74) is 0. The zero-order valence-electron chi connectivity index (χ0n) is 11.6. The van der Waals surface area contributed by atoms with Gasteiger partial charge in [-0.05, 0) is 72.1 Å². The summed E-state index contributed by atoms with van der Waals surface area (Å²) >= 11 is 0. The highest BCUT2D eigenvalue weighted by molar-refractivity contribution is 4.84. The van der Waals surface area contributed by atoms with E-state index in [1.54, 1.807) is 0 Å². The van der Waals surface area contributed by atoms with Crippen LogP contribution in [-0.4, -0.2) is 49.8 Å². The van der Waals surface area contributed by atoms with Gasteiger partial charge in [0.2, 0.25) is 0 Å². The van der Waals surface area contributed by atoms with Gasteiger partial charge in [-0.15, -0.1) is 0 Å². The van der Waals surface area contributed by atoms with Crippen LogP contribution in [0.1, 0.15) is 39.5 Å². The summed E-state index contributed by atoms with van der Waals surface area (Å²) in [6.45, 7) is 8.20. The zero-order valence-corrected chi connectivity index (χ0v) is 11.6. The molecule has 2 aliphatic heterocycles. The van der Waals surface area contributed by atoms with Crippen LogP contribution in [0.15, 0.2) is 0 Å². The van der Waals surface area contributed by atoms with Crippen LogP contribution < -0.4 is 5.32 Å². The summed E-state index contributed by atoms with van der Waals surface area (Å²) in [4.78, 5) is 2.71. The van der Waals surface area contributed by atoms with Crippen molar-refractivity contribution in [1.29, 1.82) is 0 Å². The molecule has 1 N–H and O–H groups in total. The molecule has 2 saturated heterocycles. The molecule has 3 heteroatoms. The van der Waals surface area contributed by atoms with E-state index < -0.39 is 0 Å². The first kappa shape index (κ1) is 13.3. The van der Waals surface area contributed by atoms with E-state index in [4.69, 9.17) is 4.74 Å². The van der Waals surface area contributed by atoms with Crippen LogP contribution in [0.2, 0.25) is 0 Å². The molecule has 2 fully saturated rings. The molecule has 100 valence electrons. The van der Waals surface area contributed by atoms with Gasteiger partial charge in [0.25, 0.3) is 0 Å². The lowest BCUT2D eigenvalue weighted by Gasteiger charge is -2.42. The van der Waals surface area contributed by atoms with E-state index in [9.17, 15) is 0 Å². The van der Waals surface area contributed by atoms with Gasteiger partial charge < -0.3 is 15.0 Å². The van der Waals surface area contributed by atoms with Crippen molar-refractivity contribution < 1.29 is 4.74 Å². The van der Waals surface area contributed by atoms with Crippen molar-refractivity contribution >= 4 is 0 Å². The minimum Gasteiger partial charge on any atom is -0.375 e. The summed E-state index contributed by atoms with van der Waals surface area (Å²) in [5.74, 6) is 0.894. The number of rotatable bonds is 3. The van der Waals surface area contributed by atoms with Crippen molar-refractivity contribution in [3.05, 3.63) is 0 Å². The lowest BCUT2D eigenvalue weighted by Crippen LogP contribution is -2.48. The van der Waals surface area contributed by atoms with Gasteiger partial charge in [-0.1, -0.05) is 0 Å². The summed E-state index contributed by atoms with van der Waals surface area (Å²) in [6.07, 6.45) is 6.06. The van der Waals surface area contributed by atoms with E-state index in [-0.39, 0.29) is 0 Å². The third kappa shape index (κ3) is 3.67. The predicted octanol–water partition coefficient (Wildman–Crippen LogP) is 1.87. The molecule has 2 unspecified atom stereocenters. The zero-order chi connectivity index (χ0) is 12.3. The topological polar surface area (TPSA) is 24.5 Å². The predicted molar refractivity (Wildman–Crippen MR) is 71.3 cm³/mol. The van der Waals surface area contributed by atoms with Crippen LogP contribution >= 0.6 is 0 Å². The fourth-order valence-electron chi connectivity index (χ4n) is 3.48. The van der Waals surface area contributed by atoms with Gasteiger partial charge in [0.1, 0.15) is 0 Å². The van der Waals surface area contributed by atoms with E-state index in [0.29, 0.717) is 12.2 Å². The monoisotopic (exact) mass is 240 g/mol. The third-order valence-electron chi connectivity index (χ3n) is 4.33. The Labute approximate surface area is 106 Å². The molecular formula is C14H28N2O. The van der Waals surface area contributed by atoms with Crippen molar-refractivity contribution in [2.24, 2.45) is 5.92 Å². The molecule has 0 amide bonds. The second-order valence-electron chi connectivity index (χ2n) is 5.92. The summed E-state index contributed by atoms with van der Waals surface area (Å²) in [5, 5.41) is 3.31. The Morgan fingerprint density at radius 2 is 1.71 bits per heavy atom. The van der Waals surface area contributed by atoms with E-state index in [2.05, 4.69) is 31.1 Å². The molecule has 0 saturated carbocycles. The minimum atomic E-state index is 0.443. The van der Waals surface area contributed by atoms with E-state index in [1.807, 2.05) is 0 Å². The summed E-state index contributed by atoms with van der Waals surface area (Å²) < 4.78 is 5.83. The van der Waals surface area contributed by atoms with Gasteiger partial charge in [0.05, 0.1) is 12.2 Å². The first-order chi connectivity index (χ1) is 8.19. The Balaban J connectivity index is 1.79. The van der Waals surface area contributed by atoms with Crippen molar-refractivity contribution in [2.45, 2.75) is 57.8 Å². The van der Waals surface area contributed by atoms with Crippen molar-refractivity contribution in [3.8, 4) is 0 Å². The normalized spacial score (nSPS) is 37.2. The number of hydrogen-bond acceptors (Lipinski definition) is 3. The number of nitrogens with zero attached hydrogens (tertiary/aromatic N) is 1. The first-order valence-corrected chi connectivity index (χ1v) is 7.23. The maximum Gasteiger partial charge on any atom is 0.0565 e. The second-order valence-corrected chi connectivity index (χ2v) is 5.92. The van der Waals surface area contributed by atoms with Gasteiger partial charge in [-0.2, -0.15) is 0 Å². The fourth-order valence-corrected chi connectivity index (χ4v) is 3.48. The smallest absolute Gasteiger partial charge is 0.0565 e. The van der Waals surface area contributed by atoms with Crippen LogP contribution in [0.3, 0.4) is 0 Å².